The van der Waals surface area contributed by atoms with Gasteiger partial charge in [0.15, 0.2) is 0 Å². The number of anilines is 1. The maximum absolute atomic E-state index is 13.6. The molecule has 1 aromatic heterocycles. The summed E-state index contributed by atoms with van der Waals surface area (Å²) in [6, 6.07) is 9.68. The highest BCUT2D eigenvalue weighted by Gasteiger charge is 2.19. The molecule has 2 aromatic carbocycles. The predicted molar refractivity (Wildman–Crippen MR) is 80.6 cm³/mol. The van der Waals surface area contributed by atoms with Crippen LogP contribution in [-0.4, -0.2) is 23.2 Å². The Morgan fingerprint density at radius 3 is 2.54 bits per heavy atom. The zero-order valence-corrected chi connectivity index (χ0v) is 12.4. The van der Waals surface area contributed by atoms with Crippen molar-refractivity contribution in [1.82, 2.24) is 10.2 Å². The van der Waals surface area contributed by atoms with E-state index in [9.17, 15) is 13.6 Å². The van der Waals surface area contributed by atoms with Crippen LogP contribution in [0, 0.1) is 11.6 Å². The van der Waals surface area contributed by atoms with Crippen molar-refractivity contribution in [3.05, 3.63) is 59.7 Å². The van der Waals surface area contributed by atoms with E-state index in [-0.39, 0.29) is 11.9 Å². The topological polar surface area (TPSA) is 77.3 Å². The number of nitrogens with one attached hydrogen (secondary N) is 1. The van der Waals surface area contributed by atoms with Crippen molar-refractivity contribution in [2.45, 2.75) is 0 Å². The fourth-order valence-electron chi connectivity index (χ4n) is 2.02. The molecule has 0 aliphatic carbocycles. The van der Waals surface area contributed by atoms with Crippen molar-refractivity contribution in [3.63, 3.8) is 0 Å². The molecule has 6 nitrogen and oxygen atoms in total. The minimum atomic E-state index is -1.02. The van der Waals surface area contributed by atoms with E-state index in [0.717, 1.165) is 18.2 Å². The largest absolute Gasteiger partial charge is 0.497 e. The summed E-state index contributed by atoms with van der Waals surface area (Å²) in [5, 5.41) is 9.59. The highest BCUT2D eigenvalue weighted by Crippen LogP contribution is 2.24. The van der Waals surface area contributed by atoms with Gasteiger partial charge in [0.1, 0.15) is 22.9 Å². The van der Waals surface area contributed by atoms with Crippen LogP contribution in [0.1, 0.15) is 10.4 Å². The highest BCUT2D eigenvalue weighted by atomic mass is 19.1. The minimum absolute atomic E-state index is 0.123. The van der Waals surface area contributed by atoms with Gasteiger partial charge in [-0.25, -0.2) is 8.78 Å². The van der Waals surface area contributed by atoms with E-state index < -0.39 is 23.1 Å². The number of hydrogen-bond acceptors (Lipinski definition) is 5. The molecule has 1 amide bonds. The normalized spacial score (nSPS) is 10.5. The quantitative estimate of drug-likeness (QED) is 0.794. The van der Waals surface area contributed by atoms with Crippen molar-refractivity contribution in [2.75, 3.05) is 12.4 Å². The third-order valence-corrected chi connectivity index (χ3v) is 3.15. The lowest BCUT2D eigenvalue weighted by molar-refractivity contribution is 0.101. The zero-order valence-electron chi connectivity index (χ0n) is 12.4. The molecule has 8 heteroatoms. The summed E-state index contributed by atoms with van der Waals surface area (Å²) >= 11 is 0. The Labute approximate surface area is 135 Å². The molecule has 0 saturated carbocycles. The molecule has 0 spiro atoms. The first-order valence-corrected chi connectivity index (χ1v) is 6.82. The van der Waals surface area contributed by atoms with Crippen LogP contribution in [0.2, 0.25) is 0 Å². The summed E-state index contributed by atoms with van der Waals surface area (Å²) in [5.74, 6) is -2.28. The Morgan fingerprint density at radius 2 is 1.83 bits per heavy atom. The van der Waals surface area contributed by atoms with E-state index >= 15 is 0 Å². The summed E-state index contributed by atoms with van der Waals surface area (Å²) in [6.45, 7) is 0. The number of carbonyl (C=O) groups excluding carboxylic acids is 1. The molecule has 24 heavy (non-hydrogen) atoms. The molecule has 0 unspecified atom stereocenters. The van der Waals surface area contributed by atoms with Gasteiger partial charge in [0.2, 0.25) is 5.89 Å². The number of aromatic nitrogens is 2. The molecule has 0 fully saturated rings. The molecule has 0 aliphatic heterocycles. The molecule has 1 heterocycles. The summed E-state index contributed by atoms with van der Waals surface area (Å²) in [5.41, 5.74) is -0.155. The van der Waals surface area contributed by atoms with Crippen LogP contribution in [0.15, 0.2) is 46.9 Å². The van der Waals surface area contributed by atoms with Crippen molar-refractivity contribution >= 4 is 11.9 Å². The van der Waals surface area contributed by atoms with Gasteiger partial charge >= 0.3 is 6.01 Å². The molecular formula is C16H11F2N3O3. The number of carbonyl (C=O) groups is 1. The van der Waals surface area contributed by atoms with Gasteiger partial charge in [0.05, 0.1) is 7.11 Å². The van der Waals surface area contributed by atoms with E-state index in [4.69, 9.17) is 9.15 Å². The molecule has 0 saturated heterocycles. The Morgan fingerprint density at radius 1 is 1.12 bits per heavy atom. The smallest absolute Gasteiger partial charge is 0.322 e. The average molecular weight is 331 g/mol. The van der Waals surface area contributed by atoms with Crippen LogP contribution < -0.4 is 10.1 Å². The predicted octanol–water partition coefficient (Wildman–Crippen LogP) is 3.28. The molecule has 0 aliphatic rings. The molecule has 0 atom stereocenters. The van der Waals surface area contributed by atoms with E-state index in [1.165, 1.54) is 7.11 Å². The number of ether oxygens (including phenoxy) is 1. The van der Waals surface area contributed by atoms with Gasteiger partial charge in [-0.05, 0) is 30.3 Å². The lowest BCUT2D eigenvalue weighted by atomic mass is 10.2. The minimum Gasteiger partial charge on any atom is -0.497 e. The summed E-state index contributed by atoms with van der Waals surface area (Å²) < 4.78 is 37.5. The second kappa shape index (κ2) is 6.45. The summed E-state index contributed by atoms with van der Waals surface area (Å²) in [7, 11) is 1.52. The molecule has 1 N–H and O–H groups in total. The van der Waals surface area contributed by atoms with E-state index in [2.05, 4.69) is 15.5 Å². The lowest BCUT2D eigenvalue weighted by Gasteiger charge is -2.03. The Balaban J connectivity index is 1.82. The molecule has 3 rings (SSSR count). The van der Waals surface area contributed by atoms with Gasteiger partial charge in [-0.2, -0.15) is 0 Å². The maximum Gasteiger partial charge on any atom is 0.322 e. The van der Waals surface area contributed by atoms with E-state index in [0.29, 0.717) is 11.3 Å². The van der Waals surface area contributed by atoms with Gasteiger partial charge < -0.3 is 9.15 Å². The van der Waals surface area contributed by atoms with Crippen LogP contribution in [0.5, 0.6) is 5.75 Å². The number of hydrogen-bond donors (Lipinski definition) is 1. The fourth-order valence-corrected chi connectivity index (χ4v) is 2.02. The number of methoxy groups -OCH3 is 1. The van der Waals surface area contributed by atoms with Gasteiger partial charge in [-0.1, -0.05) is 17.2 Å². The lowest BCUT2D eigenvalue weighted by Crippen LogP contribution is -2.16. The molecule has 122 valence electrons. The first kappa shape index (κ1) is 15.6. The first-order valence-electron chi connectivity index (χ1n) is 6.82. The zero-order chi connectivity index (χ0) is 17.1. The Hall–Kier alpha value is -3.29. The van der Waals surface area contributed by atoms with Crippen LogP contribution >= 0.6 is 0 Å². The number of rotatable bonds is 4. The number of amides is 1. The van der Waals surface area contributed by atoms with E-state index in [1.807, 2.05) is 0 Å². The van der Waals surface area contributed by atoms with Gasteiger partial charge in [0.25, 0.3) is 5.91 Å². The molecular weight excluding hydrogens is 320 g/mol. The van der Waals surface area contributed by atoms with Crippen LogP contribution in [-0.2, 0) is 0 Å². The number of halogens is 2. The number of nitrogens with zero attached hydrogens (tertiary/aromatic N) is 2. The van der Waals surface area contributed by atoms with Crippen molar-refractivity contribution in [3.8, 4) is 17.2 Å². The first-order chi connectivity index (χ1) is 11.6. The fraction of sp³-hybridized carbons (Fsp3) is 0.0625. The molecule has 3 aromatic rings. The maximum atomic E-state index is 13.6. The van der Waals surface area contributed by atoms with Gasteiger partial charge in [-0.3, -0.25) is 10.1 Å². The van der Waals surface area contributed by atoms with Crippen molar-refractivity contribution in [1.29, 1.82) is 0 Å². The standard InChI is InChI=1S/C16H11F2N3O3/c1-23-10-5-2-4-9(8-10)15-20-21-16(24-15)19-14(22)13-11(17)6-3-7-12(13)18/h2-8H,1H3,(H,19,21,22). The summed E-state index contributed by atoms with van der Waals surface area (Å²) in [6.07, 6.45) is 0. The summed E-state index contributed by atoms with van der Waals surface area (Å²) in [4.78, 5) is 12.0. The average Bonchev–Trinajstić information content (AvgIpc) is 3.03. The SMILES string of the molecule is COc1cccc(-c2nnc(NC(=O)c3c(F)cccc3F)o2)c1. The molecule has 0 bridgehead atoms. The highest BCUT2D eigenvalue weighted by molar-refractivity contribution is 6.03. The third kappa shape index (κ3) is 3.07. The Bertz CT molecular complexity index is 876. The second-order valence-electron chi connectivity index (χ2n) is 4.70. The van der Waals surface area contributed by atoms with Crippen LogP contribution in [0.3, 0.4) is 0 Å². The van der Waals surface area contributed by atoms with Gasteiger partial charge in [0, 0.05) is 5.56 Å². The van der Waals surface area contributed by atoms with E-state index in [1.54, 1.807) is 24.3 Å². The van der Waals surface area contributed by atoms with Crippen molar-refractivity contribution in [2.24, 2.45) is 0 Å². The molecule has 0 radical (unpaired) electrons. The Kier molecular flexibility index (Phi) is 4.19. The van der Waals surface area contributed by atoms with Crippen LogP contribution in [0.4, 0.5) is 14.8 Å². The van der Waals surface area contributed by atoms with Crippen molar-refractivity contribution < 1.29 is 22.7 Å². The second-order valence-corrected chi connectivity index (χ2v) is 4.70. The number of benzene rings is 2. The van der Waals surface area contributed by atoms with Gasteiger partial charge in [-0.15, -0.1) is 5.10 Å². The monoisotopic (exact) mass is 331 g/mol. The third-order valence-electron chi connectivity index (χ3n) is 3.15. The van der Waals surface area contributed by atoms with Crippen LogP contribution in [0.25, 0.3) is 11.5 Å².